The lowest BCUT2D eigenvalue weighted by atomic mass is 10.1. The summed E-state index contributed by atoms with van der Waals surface area (Å²) in [5, 5.41) is 0. The molecule has 0 saturated heterocycles. The summed E-state index contributed by atoms with van der Waals surface area (Å²) < 4.78 is 38.0. The fourth-order valence-electron chi connectivity index (χ4n) is 1.74. The Hall–Kier alpha value is -0.360. The SMILES string of the molecule is CCCN(CC(C(N)=S)C(F)(F)F)C1CC1. The van der Waals surface area contributed by atoms with E-state index in [1.165, 1.54) is 0 Å². The maximum atomic E-state index is 12.7. The van der Waals surface area contributed by atoms with Gasteiger partial charge in [-0.05, 0) is 25.8 Å². The Balaban J connectivity index is 2.61. The van der Waals surface area contributed by atoms with Crippen molar-refractivity contribution < 1.29 is 13.2 Å². The molecule has 0 aromatic carbocycles. The third-order valence-corrected chi connectivity index (χ3v) is 3.01. The predicted molar refractivity (Wildman–Crippen MR) is 61.2 cm³/mol. The van der Waals surface area contributed by atoms with Crippen LogP contribution in [0.2, 0.25) is 0 Å². The largest absolute Gasteiger partial charge is 0.399 e. The van der Waals surface area contributed by atoms with E-state index in [1.54, 1.807) is 0 Å². The molecule has 0 aromatic heterocycles. The fourth-order valence-corrected chi connectivity index (χ4v) is 1.95. The van der Waals surface area contributed by atoms with Gasteiger partial charge in [-0.2, -0.15) is 13.2 Å². The van der Waals surface area contributed by atoms with Crippen LogP contribution in [0.15, 0.2) is 0 Å². The van der Waals surface area contributed by atoms with Crippen LogP contribution < -0.4 is 5.73 Å². The third kappa shape index (κ3) is 3.90. The zero-order valence-corrected chi connectivity index (χ0v) is 10.1. The van der Waals surface area contributed by atoms with Gasteiger partial charge in [-0.25, -0.2) is 0 Å². The number of halogens is 3. The Labute approximate surface area is 99.0 Å². The predicted octanol–water partition coefficient (Wildman–Crippen LogP) is 2.33. The molecule has 0 bridgehead atoms. The topological polar surface area (TPSA) is 29.3 Å². The van der Waals surface area contributed by atoms with Crippen LogP contribution in [0.5, 0.6) is 0 Å². The zero-order valence-electron chi connectivity index (χ0n) is 9.26. The van der Waals surface area contributed by atoms with Crippen molar-refractivity contribution in [2.24, 2.45) is 11.7 Å². The van der Waals surface area contributed by atoms with Crippen LogP contribution in [0.25, 0.3) is 0 Å². The van der Waals surface area contributed by atoms with Crippen LogP contribution in [0, 0.1) is 5.92 Å². The Kier molecular flexibility index (Phi) is 4.55. The number of nitrogens with zero attached hydrogens (tertiary/aromatic N) is 1. The van der Waals surface area contributed by atoms with Crippen molar-refractivity contribution in [2.45, 2.75) is 38.4 Å². The second-order valence-electron chi connectivity index (χ2n) is 4.22. The average Bonchev–Trinajstić information content (AvgIpc) is 2.92. The summed E-state index contributed by atoms with van der Waals surface area (Å²) in [5.41, 5.74) is 5.17. The van der Waals surface area contributed by atoms with Gasteiger partial charge in [0.15, 0.2) is 0 Å². The van der Waals surface area contributed by atoms with Crippen LogP contribution in [0.4, 0.5) is 13.2 Å². The lowest BCUT2D eigenvalue weighted by Crippen LogP contribution is -2.44. The van der Waals surface area contributed by atoms with Crippen LogP contribution >= 0.6 is 12.2 Å². The molecule has 6 heteroatoms. The van der Waals surface area contributed by atoms with Gasteiger partial charge >= 0.3 is 6.18 Å². The number of nitrogens with two attached hydrogens (primary N) is 1. The molecule has 0 aliphatic heterocycles. The Morgan fingerprint density at radius 1 is 1.50 bits per heavy atom. The van der Waals surface area contributed by atoms with E-state index in [1.807, 2.05) is 11.8 Å². The van der Waals surface area contributed by atoms with Crippen LogP contribution in [-0.2, 0) is 0 Å². The molecule has 1 atom stereocenters. The first-order valence-electron chi connectivity index (χ1n) is 5.46. The summed E-state index contributed by atoms with van der Waals surface area (Å²) in [4.78, 5) is 1.41. The minimum atomic E-state index is -4.33. The van der Waals surface area contributed by atoms with Gasteiger partial charge in [-0.3, -0.25) is 4.90 Å². The van der Waals surface area contributed by atoms with Gasteiger partial charge in [-0.15, -0.1) is 0 Å². The van der Waals surface area contributed by atoms with Gasteiger partial charge in [-0.1, -0.05) is 19.1 Å². The summed E-state index contributed by atoms with van der Waals surface area (Å²) in [6.07, 6.45) is -1.51. The molecule has 0 radical (unpaired) electrons. The van der Waals surface area contributed by atoms with Crippen molar-refractivity contribution in [1.29, 1.82) is 0 Å². The highest BCUT2D eigenvalue weighted by molar-refractivity contribution is 7.80. The summed E-state index contributed by atoms with van der Waals surface area (Å²) in [6.45, 7) is 2.55. The molecule has 1 aliphatic rings. The van der Waals surface area contributed by atoms with Gasteiger partial charge in [0, 0.05) is 12.6 Å². The lowest BCUT2D eigenvalue weighted by Gasteiger charge is -2.27. The van der Waals surface area contributed by atoms with Crippen LogP contribution in [0.3, 0.4) is 0 Å². The standard InChI is InChI=1S/C10H17F3N2S/c1-2-5-15(7-3-4-7)6-8(9(14)16)10(11,12)13/h7-8H,2-6H2,1H3,(H2,14,16). The molecular weight excluding hydrogens is 237 g/mol. The first-order chi connectivity index (χ1) is 7.36. The van der Waals surface area contributed by atoms with E-state index >= 15 is 0 Å². The van der Waals surface area contributed by atoms with Gasteiger partial charge in [0.2, 0.25) is 0 Å². The first kappa shape index (κ1) is 13.7. The highest BCUT2D eigenvalue weighted by Gasteiger charge is 2.44. The minimum absolute atomic E-state index is 0.0860. The van der Waals surface area contributed by atoms with Crippen LogP contribution in [0.1, 0.15) is 26.2 Å². The quantitative estimate of drug-likeness (QED) is 0.738. The molecule has 1 unspecified atom stereocenters. The van der Waals surface area contributed by atoms with E-state index < -0.39 is 17.1 Å². The molecule has 0 amide bonds. The second kappa shape index (κ2) is 5.31. The van der Waals surface area contributed by atoms with Crippen molar-refractivity contribution in [1.82, 2.24) is 4.90 Å². The zero-order chi connectivity index (χ0) is 12.3. The van der Waals surface area contributed by atoms with Crippen molar-refractivity contribution in [2.75, 3.05) is 13.1 Å². The average molecular weight is 254 g/mol. The van der Waals surface area contributed by atoms with E-state index in [0.717, 1.165) is 19.3 Å². The number of hydrogen-bond acceptors (Lipinski definition) is 2. The first-order valence-corrected chi connectivity index (χ1v) is 5.87. The maximum absolute atomic E-state index is 12.7. The summed E-state index contributed by atoms with van der Waals surface area (Å²) >= 11 is 4.51. The molecule has 1 rings (SSSR count). The van der Waals surface area contributed by atoms with Crippen molar-refractivity contribution in [3.8, 4) is 0 Å². The summed E-state index contributed by atoms with van der Waals surface area (Å²) in [6, 6.07) is 0.305. The van der Waals surface area contributed by atoms with Crippen molar-refractivity contribution in [3.63, 3.8) is 0 Å². The summed E-state index contributed by atoms with van der Waals surface area (Å²) in [5.74, 6) is -1.67. The minimum Gasteiger partial charge on any atom is -0.393 e. The molecule has 16 heavy (non-hydrogen) atoms. The van der Waals surface area contributed by atoms with Crippen LogP contribution in [-0.4, -0.2) is 35.2 Å². The number of hydrogen-bond donors (Lipinski definition) is 1. The van der Waals surface area contributed by atoms with Gasteiger partial charge in [0.05, 0.1) is 4.99 Å². The Bertz CT molecular complexity index is 251. The number of rotatable bonds is 6. The highest BCUT2D eigenvalue weighted by atomic mass is 32.1. The van der Waals surface area contributed by atoms with Gasteiger partial charge < -0.3 is 5.73 Å². The molecule has 94 valence electrons. The van der Waals surface area contributed by atoms with E-state index in [2.05, 4.69) is 12.2 Å². The normalized spacial score (nSPS) is 18.8. The van der Waals surface area contributed by atoms with E-state index in [9.17, 15) is 13.2 Å². The fraction of sp³-hybridized carbons (Fsp3) is 0.900. The molecule has 0 heterocycles. The van der Waals surface area contributed by atoms with E-state index in [4.69, 9.17) is 5.73 Å². The van der Waals surface area contributed by atoms with Gasteiger partial charge in [0.1, 0.15) is 5.92 Å². The smallest absolute Gasteiger partial charge is 0.393 e. The highest BCUT2D eigenvalue weighted by Crippen LogP contribution is 2.32. The molecular formula is C10H17F3N2S. The van der Waals surface area contributed by atoms with Crippen molar-refractivity contribution in [3.05, 3.63) is 0 Å². The van der Waals surface area contributed by atoms with Crippen molar-refractivity contribution >= 4 is 17.2 Å². The van der Waals surface area contributed by atoms with Gasteiger partial charge in [0.25, 0.3) is 0 Å². The Morgan fingerprint density at radius 2 is 2.06 bits per heavy atom. The molecule has 1 fully saturated rings. The van der Waals surface area contributed by atoms with E-state index in [-0.39, 0.29) is 6.54 Å². The lowest BCUT2D eigenvalue weighted by molar-refractivity contribution is -0.159. The summed E-state index contributed by atoms with van der Waals surface area (Å²) in [7, 11) is 0. The molecule has 2 N–H and O–H groups in total. The number of alkyl halides is 3. The Morgan fingerprint density at radius 3 is 2.38 bits per heavy atom. The molecule has 0 spiro atoms. The molecule has 1 aliphatic carbocycles. The maximum Gasteiger partial charge on any atom is 0.399 e. The van der Waals surface area contributed by atoms with E-state index in [0.29, 0.717) is 12.6 Å². The molecule has 1 saturated carbocycles. The second-order valence-corrected chi connectivity index (χ2v) is 4.69. The number of thiocarbonyl (C=S) groups is 1. The third-order valence-electron chi connectivity index (χ3n) is 2.73. The molecule has 2 nitrogen and oxygen atoms in total. The monoisotopic (exact) mass is 254 g/mol. The molecule has 0 aromatic rings.